The van der Waals surface area contributed by atoms with Crippen LogP contribution in [-0.2, 0) is 16.1 Å². The number of carbonyl (C=O) groups excluding carboxylic acids is 1. The molecule has 1 saturated heterocycles. The van der Waals surface area contributed by atoms with Gasteiger partial charge in [-0.25, -0.2) is 4.99 Å². The third-order valence-electron chi connectivity index (χ3n) is 4.50. The standard InChI is InChI=1S/C20H30N6O2/c1-3-22-20(24-15-18-6-4-17(14-21)5-7-18)26-11-9-25(10-12-26)16-19(27)23-8-13-28-2/h4-7H,3,8-13,15-16H2,1-2H3,(H,22,24)(H,23,27). The number of nitrogens with one attached hydrogen (secondary N) is 2. The van der Waals surface area contributed by atoms with Crippen LogP contribution in [0.2, 0.25) is 0 Å². The van der Waals surface area contributed by atoms with Crippen molar-refractivity contribution in [2.45, 2.75) is 13.5 Å². The minimum absolute atomic E-state index is 0.0342. The zero-order valence-electron chi connectivity index (χ0n) is 16.8. The van der Waals surface area contributed by atoms with E-state index in [1.54, 1.807) is 7.11 Å². The van der Waals surface area contributed by atoms with Gasteiger partial charge in [0.1, 0.15) is 0 Å². The maximum Gasteiger partial charge on any atom is 0.234 e. The van der Waals surface area contributed by atoms with Crippen molar-refractivity contribution in [1.82, 2.24) is 20.4 Å². The number of aliphatic imine (C=N–C) groups is 1. The molecule has 0 bridgehead atoms. The first kappa shape index (κ1) is 21.7. The average Bonchev–Trinajstić information content (AvgIpc) is 2.72. The molecule has 1 aromatic carbocycles. The maximum absolute atomic E-state index is 11.9. The lowest BCUT2D eigenvalue weighted by molar-refractivity contribution is -0.122. The Morgan fingerprint density at radius 2 is 1.93 bits per heavy atom. The van der Waals surface area contributed by atoms with Crippen LogP contribution in [0.25, 0.3) is 0 Å². The zero-order valence-corrected chi connectivity index (χ0v) is 16.8. The number of carbonyl (C=O) groups is 1. The minimum Gasteiger partial charge on any atom is -0.383 e. The Balaban J connectivity index is 1.84. The van der Waals surface area contributed by atoms with Crippen molar-refractivity contribution < 1.29 is 9.53 Å². The highest BCUT2D eigenvalue weighted by atomic mass is 16.5. The second kappa shape index (κ2) is 12.0. The first-order valence-corrected chi connectivity index (χ1v) is 9.66. The van der Waals surface area contributed by atoms with Crippen LogP contribution in [-0.4, -0.2) is 81.2 Å². The summed E-state index contributed by atoms with van der Waals surface area (Å²) in [4.78, 5) is 21.1. The molecule has 1 heterocycles. The molecule has 1 aliphatic rings. The quantitative estimate of drug-likeness (QED) is 0.382. The summed E-state index contributed by atoms with van der Waals surface area (Å²) in [5.74, 6) is 0.919. The number of guanidine groups is 1. The van der Waals surface area contributed by atoms with Crippen LogP contribution in [0.5, 0.6) is 0 Å². The maximum atomic E-state index is 11.9. The van der Waals surface area contributed by atoms with Gasteiger partial charge >= 0.3 is 0 Å². The Bertz CT molecular complexity index is 675. The predicted molar refractivity (Wildman–Crippen MR) is 109 cm³/mol. The van der Waals surface area contributed by atoms with Gasteiger partial charge in [0, 0.05) is 46.4 Å². The van der Waals surface area contributed by atoms with Crippen molar-refractivity contribution in [3.8, 4) is 6.07 Å². The monoisotopic (exact) mass is 386 g/mol. The Labute approximate surface area is 167 Å². The van der Waals surface area contributed by atoms with Gasteiger partial charge in [0.15, 0.2) is 5.96 Å². The van der Waals surface area contributed by atoms with E-state index in [-0.39, 0.29) is 5.91 Å². The van der Waals surface area contributed by atoms with E-state index >= 15 is 0 Å². The summed E-state index contributed by atoms with van der Waals surface area (Å²) in [6, 6.07) is 9.63. The molecule has 0 unspecified atom stereocenters. The van der Waals surface area contributed by atoms with Crippen LogP contribution in [0.3, 0.4) is 0 Å². The molecule has 8 heteroatoms. The first-order chi connectivity index (χ1) is 13.7. The molecule has 0 spiro atoms. The molecule has 2 rings (SSSR count). The predicted octanol–water partition coefficient (Wildman–Crippen LogP) is 0.404. The SMILES string of the molecule is CCNC(=NCc1ccc(C#N)cc1)N1CCN(CC(=O)NCCOC)CC1. The van der Waals surface area contributed by atoms with E-state index in [0.717, 1.165) is 44.2 Å². The summed E-state index contributed by atoms with van der Waals surface area (Å²) in [6.45, 7) is 8.19. The van der Waals surface area contributed by atoms with Crippen molar-refractivity contribution in [3.63, 3.8) is 0 Å². The van der Waals surface area contributed by atoms with Crippen molar-refractivity contribution in [2.24, 2.45) is 4.99 Å². The third kappa shape index (κ3) is 7.18. The number of hydrogen-bond acceptors (Lipinski definition) is 5. The molecule has 1 fully saturated rings. The van der Waals surface area contributed by atoms with Gasteiger partial charge < -0.3 is 20.3 Å². The third-order valence-corrected chi connectivity index (χ3v) is 4.50. The van der Waals surface area contributed by atoms with Crippen LogP contribution >= 0.6 is 0 Å². The summed E-state index contributed by atoms with van der Waals surface area (Å²) < 4.78 is 4.94. The van der Waals surface area contributed by atoms with Gasteiger partial charge in [0.05, 0.1) is 31.3 Å². The van der Waals surface area contributed by atoms with Crippen LogP contribution in [0, 0.1) is 11.3 Å². The molecule has 2 N–H and O–H groups in total. The highest BCUT2D eigenvalue weighted by molar-refractivity contribution is 5.80. The number of nitrogens with zero attached hydrogens (tertiary/aromatic N) is 4. The van der Waals surface area contributed by atoms with Crippen LogP contribution in [0.15, 0.2) is 29.3 Å². The molecule has 1 amide bonds. The van der Waals surface area contributed by atoms with E-state index < -0.39 is 0 Å². The lowest BCUT2D eigenvalue weighted by Crippen LogP contribution is -2.54. The molecule has 0 radical (unpaired) electrons. The highest BCUT2D eigenvalue weighted by Crippen LogP contribution is 2.07. The second-order valence-corrected chi connectivity index (χ2v) is 6.58. The lowest BCUT2D eigenvalue weighted by atomic mass is 10.1. The smallest absolute Gasteiger partial charge is 0.234 e. The fourth-order valence-electron chi connectivity index (χ4n) is 2.95. The zero-order chi connectivity index (χ0) is 20.2. The first-order valence-electron chi connectivity index (χ1n) is 9.66. The van der Waals surface area contributed by atoms with Gasteiger partial charge in [-0.05, 0) is 24.6 Å². The van der Waals surface area contributed by atoms with E-state index in [2.05, 4.69) is 33.4 Å². The van der Waals surface area contributed by atoms with E-state index in [1.807, 2.05) is 24.3 Å². The van der Waals surface area contributed by atoms with Crippen LogP contribution in [0.4, 0.5) is 0 Å². The van der Waals surface area contributed by atoms with Crippen molar-refractivity contribution in [3.05, 3.63) is 35.4 Å². The number of rotatable bonds is 8. The van der Waals surface area contributed by atoms with Gasteiger partial charge in [-0.1, -0.05) is 12.1 Å². The van der Waals surface area contributed by atoms with E-state index in [9.17, 15) is 4.79 Å². The summed E-state index contributed by atoms with van der Waals surface area (Å²) in [5, 5.41) is 15.1. The molecule has 0 aliphatic carbocycles. The highest BCUT2D eigenvalue weighted by Gasteiger charge is 2.21. The van der Waals surface area contributed by atoms with Gasteiger partial charge in [0.25, 0.3) is 0 Å². The topological polar surface area (TPSA) is 93.0 Å². The number of piperazine rings is 1. The van der Waals surface area contributed by atoms with Crippen LogP contribution in [0.1, 0.15) is 18.1 Å². The second-order valence-electron chi connectivity index (χ2n) is 6.58. The van der Waals surface area contributed by atoms with E-state index in [4.69, 9.17) is 15.0 Å². The summed E-state index contributed by atoms with van der Waals surface area (Å²) in [6.07, 6.45) is 0. The van der Waals surface area contributed by atoms with Gasteiger partial charge in [-0.3, -0.25) is 9.69 Å². The molecule has 0 saturated carbocycles. The number of methoxy groups -OCH3 is 1. The Hall–Kier alpha value is -2.63. The largest absolute Gasteiger partial charge is 0.383 e. The lowest BCUT2D eigenvalue weighted by Gasteiger charge is -2.36. The Morgan fingerprint density at radius 1 is 1.21 bits per heavy atom. The molecular formula is C20H30N6O2. The fraction of sp³-hybridized carbons (Fsp3) is 0.550. The average molecular weight is 387 g/mol. The van der Waals surface area contributed by atoms with Crippen molar-refractivity contribution >= 4 is 11.9 Å². The number of amides is 1. The molecular weight excluding hydrogens is 356 g/mol. The van der Waals surface area contributed by atoms with Crippen molar-refractivity contribution in [1.29, 1.82) is 5.26 Å². The molecule has 152 valence electrons. The van der Waals surface area contributed by atoms with E-state index in [0.29, 0.717) is 31.8 Å². The summed E-state index contributed by atoms with van der Waals surface area (Å²) in [7, 11) is 1.62. The van der Waals surface area contributed by atoms with Crippen LogP contribution < -0.4 is 10.6 Å². The normalized spacial score (nSPS) is 15.2. The number of hydrogen-bond donors (Lipinski definition) is 2. The number of ether oxygens (including phenoxy) is 1. The molecule has 0 aromatic heterocycles. The minimum atomic E-state index is 0.0342. The fourth-order valence-corrected chi connectivity index (χ4v) is 2.95. The molecule has 0 atom stereocenters. The van der Waals surface area contributed by atoms with Gasteiger partial charge in [-0.2, -0.15) is 5.26 Å². The van der Waals surface area contributed by atoms with E-state index in [1.165, 1.54) is 0 Å². The molecule has 8 nitrogen and oxygen atoms in total. The van der Waals surface area contributed by atoms with Gasteiger partial charge in [0.2, 0.25) is 5.91 Å². The Morgan fingerprint density at radius 3 is 2.54 bits per heavy atom. The summed E-state index contributed by atoms with van der Waals surface area (Å²) in [5.41, 5.74) is 1.72. The number of benzene rings is 1. The Kier molecular flexibility index (Phi) is 9.25. The summed E-state index contributed by atoms with van der Waals surface area (Å²) >= 11 is 0. The number of nitriles is 1. The molecule has 1 aliphatic heterocycles. The van der Waals surface area contributed by atoms with Gasteiger partial charge in [-0.15, -0.1) is 0 Å². The molecule has 1 aromatic rings. The molecule has 28 heavy (non-hydrogen) atoms. The van der Waals surface area contributed by atoms with Crippen molar-refractivity contribution in [2.75, 3.05) is 59.5 Å².